The molecular formula is C16H21N3O2. The zero-order valence-electron chi connectivity index (χ0n) is 12.5. The summed E-state index contributed by atoms with van der Waals surface area (Å²) >= 11 is 0. The van der Waals surface area contributed by atoms with E-state index in [1.165, 1.54) is 0 Å². The van der Waals surface area contributed by atoms with Gasteiger partial charge in [-0.3, -0.25) is 9.69 Å². The highest BCUT2D eigenvalue weighted by Crippen LogP contribution is 2.08. The fourth-order valence-electron chi connectivity index (χ4n) is 2.15. The molecule has 0 saturated heterocycles. The van der Waals surface area contributed by atoms with Crippen LogP contribution in [0.2, 0.25) is 0 Å². The summed E-state index contributed by atoms with van der Waals surface area (Å²) in [6.45, 7) is 3.78. The zero-order valence-corrected chi connectivity index (χ0v) is 12.5. The number of rotatable bonds is 7. The highest BCUT2D eigenvalue weighted by molar-refractivity contribution is 5.71. The lowest BCUT2D eigenvalue weighted by molar-refractivity contribution is -0.144. The Morgan fingerprint density at radius 1 is 1.29 bits per heavy atom. The van der Waals surface area contributed by atoms with E-state index >= 15 is 0 Å². The van der Waals surface area contributed by atoms with Crippen LogP contribution in [0.5, 0.6) is 0 Å². The summed E-state index contributed by atoms with van der Waals surface area (Å²) in [5.74, 6) is 0.720. The van der Waals surface area contributed by atoms with Crippen molar-refractivity contribution in [1.82, 2.24) is 14.5 Å². The molecule has 0 atom stereocenters. The Morgan fingerprint density at radius 3 is 2.67 bits per heavy atom. The Morgan fingerprint density at radius 2 is 2.05 bits per heavy atom. The van der Waals surface area contributed by atoms with Crippen molar-refractivity contribution in [2.75, 3.05) is 13.2 Å². The molecule has 0 spiro atoms. The van der Waals surface area contributed by atoms with Crippen LogP contribution in [-0.2, 0) is 29.7 Å². The maximum absolute atomic E-state index is 11.8. The molecule has 21 heavy (non-hydrogen) atoms. The molecule has 0 N–H and O–H groups in total. The predicted octanol–water partition coefficient (Wildman–Crippen LogP) is 1.99. The van der Waals surface area contributed by atoms with Gasteiger partial charge in [0, 0.05) is 26.0 Å². The molecule has 2 aromatic rings. The van der Waals surface area contributed by atoms with E-state index in [1.807, 2.05) is 47.8 Å². The number of aromatic nitrogens is 2. The van der Waals surface area contributed by atoms with Crippen molar-refractivity contribution >= 4 is 5.97 Å². The van der Waals surface area contributed by atoms with Gasteiger partial charge < -0.3 is 9.30 Å². The summed E-state index contributed by atoms with van der Waals surface area (Å²) in [6, 6.07) is 10.1. The number of nitrogens with zero attached hydrogens (tertiary/aromatic N) is 3. The van der Waals surface area contributed by atoms with Crippen molar-refractivity contribution < 1.29 is 9.53 Å². The number of aryl methyl sites for hydroxylation is 1. The SMILES string of the molecule is CCOC(=O)CN(Cc1ccccc1)Cc1nccn1C. The lowest BCUT2D eigenvalue weighted by Crippen LogP contribution is -2.31. The lowest BCUT2D eigenvalue weighted by atomic mass is 10.2. The van der Waals surface area contributed by atoms with E-state index in [9.17, 15) is 4.79 Å². The molecule has 5 nitrogen and oxygen atoms in total. The van der Waals surface area contributed by atoms with Gasteiger partial charge in [-0.25, -0.2) is 4.98 Å². The second-order valence-electron chi connectivity index (χ2n) is 4.89. The molecule has 0 radical (unpaired) electrons. The quantitative estimate of drug-likeness (QED) is 0.731. The maximum Gasteiger partial charge on any atom is 0.320 e. The number of hydrogen-bond donors (Lipinski definition) is 0. The second kappa shape index (κ2) is 7.59. The second-order valence-corrected chi connectivity index (χ2v) is 4.89. The van der Waals surface area contributed by atoms with Crippen LogP contribution in [0, 0.1) is 0 Å². The van der Waals surface area contributed by atoms with Crippen LogP contribution in [0.4, 0.5) is 0 Å². The molecule has 0 aliphatic carbocycles. The van der Waals surface area contributed by atoms with E-state index in [2.05, 4.69) is 17.1 Å². The van der Waals surface area contributed by atoms with Crippen LogP contribution in [0.15, 0.2) is 42.7 Å². The molecule has 0 saturated carbocycles. The highest BCUT2D eigenvalue weighted by atomic mass is 16.5. The monoisotopic (exact) mass is 287 g/mol. The van der Waals surface area contributed by atoms with Gasteiger partial charge in [-0.1, -0.05) is 30.3 Å². The first-order valence-electron chi connectivity index (χ1n) is 7.07. The summed E-state index contributed by atoms with van der Waals surface area (Å²) in [5.41, 5.74) is 1.16. The molecule has 1 heterocycles. The number of benzene rings is 1. The zero-order chi connectivity index (χ0) is 15.1. The number of esters is 1. The minimum atomic E-state index is -0.206. The van der Waals surface area contributed by atoms with Crippen molar-refractivity contribution in [3.63, 3.8) is 0 Å². The first-order chi connectivity index (χ1) is 10.2. The molecule has 0 fully saturated rings. The van der Waals surface area contributed by atoms with Gasteiger partial charge in [-0.15, -0.1) is 0 Å². The van der Waals surface area contributed by atoms with Crippen LogP contribution >= 0.6 is 0 Å². The number of imidazole rings is 1. The average Bonchev–Trinajstić information content (AvgIpc) is 2.85. The smallest absolute Gasteiger partial charge is 0.320 e. The molecular weight excluding hydrogens is 266 g/mol. The number of hydrogen-bond acceptors (Lipinski definition) is 4. The van der Waals surface area contributed by atoms with E-state index in [0.717, 1.165) is 11.4 Å². The van der Waals surface area contributed by atoms with E-state index in [0.29, 0.717) is 19.7 Å². The Hall–Kier alpha value is -2.14. The number of ether oxygens (including phenoxy) is 1. The molecule has 0 bridgehead atoms. The molecule has 0 aliphatic rings. The van der Waals surface area contributed by atoms with E-state index in [4.69, 9.17) is 4.74 Å². The minimum absolute atomic E-state index is 0.206. The molecule has 0 unspecified atom stereocenters. The molecule has 5 heteroatoms. The summed E-state index contributed by atoms with van der Waals surface area (Å²) < 4.78 is 7.01. The molecule has 1 aromatic carbocycles. The van der Waals surface area contributed by atoms with Crippen LogP contribution in [0.1, 0.15) is 18.3 Å². The van der Waals surface area contributed by atoms with Crippen LogP contribution in [0.25, 0.3) is 0 Å². The Bertz CT molecular complexity index is 566. The highest BCUT2D eigenvalue weighted by Gasteiger charge is 2.14. The third-order valence-electron chi connectivity index (χ3n) is 3.19. The third kappa shape index (κ3) is 4.72. The van der Waals surface area contributed by atoms with E-state index in [1.54, 1.807) is 6.20 Å². The summed E-state index contributed by atoms with van der Waals surface area (Å²) in [6.07, 6.45) is 3.67. The van der Waals surface area contributed by atoms with Crippen molar-refractivity contribution in [3.8, 4) is 0 Å². The van der Waals surface area contributed by atoms with Gasteiger partial charge in [0.05, 0.1) is 19.7 Å². The van der Waals surface area contributed by atoms with Crippen LogP contribution in [-0.4, -0.2) is 33.6 Å². The van der Waals surface area contributed by atoms with Gasteiger partial charge in [0.2, 0.25) is 0 Å². The summed E-state index contributed by atoms with van der Waals surface area (Å²) in [5, 5.41) is 0. The Balaban J connectivity index is 2.06. The fraction of sp³-hybridized carbons (Fsp3) is 0.375. The van der Waals surface area contributed by atoms with E-state index < -0.39 is 0 Å². The topological polar surface area (TPSA) is 47.4 Å². The predicted molar refractivity (Wildman–Crippen MR) is 80.4 cm³/mol. The Labute approximate surface area is 125 Å². The molecule has 1 aromatic heterocycles. The summed E-state index contributed by atoms with van der Waals surface area (Å²) in [7, 11) is 1.95. The van der Waals surface area contributed by atoms with E-state index in [-0.39, 0.29) is 12.5 Å². The third-order valence-corrected chi connectivity index (χ3v) is 3.19. The fourth-order valence-corrected chi connectivity index (χ4v) is 2.15. The first kappa shape index (κ1) is 15.3. The van der Waals surface area contributed by atoms with Crippen molar-refractivity contribution in [2.24, 2.45) is 7.05 Å². The van der Waals surface area contributed by atoms with Crippen molar-refractivity contribution in [1.29, 1.82) is 0 Å². The first-order valence-corrected chi connectivity index (χ1v) is 7.07. The van der Waals surface area contributed by atoms with Gasteiger partial charge in [0.15, 0.2) is 0 Å². The standard InChI is InChI=1S/C16H21N3O2/c1-3-21-16(20)13-19(11-14-7-5-4-6-8-14)12-15-17-9-10-18(15)2/h4-10H,3,11-13H2,1-2H3. The molecule has 0 aliphatic heterocycles. The number of carbonyl (C=O) groups excluding carboxylic acids is 1. The van der Waals surface area contributed by atoms with Gasteiger partial charge >= 0.3 is 5.97 Å². The Kier molecular flexibility index (Phi) is 5.51. The molecule has 0 amide bonds. The molecule has 112 valence electrons. The average molecular weight is 287 g/mol. The van der Waals surface area contributed by atoms with Crippen molar-refractivity contribution in [3.05, 3.63) is 54.1 Å². The van der Waals surface area contributed by atoms with Gasteiger partial charge in [0.1, 0.15) is 5.82 Å². The number of carbonyl (C=O) groups is 1. The van der Waals surface area contributed by atoms with Gasteiger partial charge in [-0.05, 0) is 12.5 Å². The largest absolute Gasteiger partial charge is 0.465 e. The normalized spacial score (nSPS) is 10.8. The van der Waals surface area contributed by atoms with Gasteiger partial charge in [-0.2, -0.15) is 0 Å². The summed E-state index contributed by atoms with van der Waals surface area (Å²) in [4.78, 5) is 18.1. The maximum atomic E-state index is 11.8. The van der Waals surface area contributed by atoms with Crippen LogP contribution in [0.3, 0.4) is 0 Å². The lowest BCUT2D eigenvalue weighted by Gasteiger charge is -2.21. The van der Waals surface area contributed by atoms with Gasteiger partial charge in [0.25, 0.3) is 0 Å². The van der Waals surface area contributed by atoms with Crippen molar-refractivity contribution in [2.45, 2.75) is 20.0 Å². The molecule has 2 rings (SSSR count). The van der Waals surface area contributed by atoms with Crippen LogP contribution < -0.4 is 0 Å². The minimum Gasteiger partial charge on any atom is -0.465 e.